The molecule has 0 aromatic heterocycles. The molecule has 110 valence electrons. The maximum Gasteiger partial charge on any atom is 0.416 e. The number of benzene rings is 2. The molecule has 0 fully saturated rings. The quantitative estimate of drug-likeness (QED) is 0.901. The Labute approximate surface area is 119 Å². The second-order valence-corrected chi connectivity index (χ2v) is 4.73. The van der Waals surface area contributed by atoms with E-state index in [9.17, 15) is 18.0 Å². The van der Waals surface area contributed by atoms with Crippen LogP contribution in [0.3, 0.4) is 0 Å². The fraction of sp³-hybridized carbons (Fsp3) is 0.188. The van der Waals surface area contributed by atoms with Crippen LogP contribution in [0.2, 0.25) is 0 Å². The Hall–Kier alpha value is -2.30. The number of rotatable bonds is 3. The average Bonchev–Trinajstić information content (AvgIpc) is 2.45. The Morgan fingerprint density at radius 1 is 1.05 bits per heavy atom. The van der Waals surface area contributed by atoms with Gasteiger partial charge in [-0.15, -0.1) is 0 Å². The highest BCUT2D eigenvalue weighted by molar-refractivity contribution is 5.89. The zero-order chi connectivity index (χ0) is 15.6. The van der Waals surface area contributed by atoms with Crippen LogP contribution >= 0.6 is 0 Å². The van der Waals surface area contributed by atoms with Crippen molar-refractivity contribution in [1.29, 1.82) is 0 Å². The number of halogens is 3. The fourth-order valence-corrected chi connectivity index (χ4v) is 2.21. The van der Waals surface area contributed by atoms with Gasteiger partial charge < -0.3 is 5.11 Å². The van der Waals surface area contributed by atoms with Gasteiger partial charge in [-0.3, -0.25) is 0 Å². The van der Waals surface area contributed by atoms with E-state index in [4.69, 9.17) is 5.11 Å². The first kappa shape index (κ1) is 15.1. The zero-order valence-corrected chi connectivity index (χ0v) is 11.2. The fourth-order valence-electron chi connectivity index (χ4n) is 2.21. The van der Waals surface area contributed by atoms with E-state index >= 15 is 0 Å². The largest absolute Gasteiger partial charge is 0.478 e. The van der Waals surface area contributed by atoms with Gasteiger partial charge >= 0.3 is 12.1 Å². The van der Waals surface area contributed by atoms with Crippen LogP contribution in [0.1, 0.15) is 39.9 Å². The third-order valence-electron chi connectivity index (χ3n) is 3.40. The third-order valence-corrected chi connectivity index (χ3v) is 3.40. The van der Waals surface area contributed by atoms with Gasteiger partial charge in [0, 0.05) is 5.92 Å². The smallest absolute Gasteiger partial charge is 0.416 e. The first-order valence-corrected chi connectivity index (χ1v) is 6.30. The van der Waals surface area contributed by atoms with Crippen LogP contribution < -0.4 is 0 Å². The van der Waals surface area contributed by atoms with E-state index < -0.39 is 17.7 Å². The minimum atomic E-state index is -4.37. The normalized spacial score (nSPS) is 13.0. The van der Waals surface area contributed by atoms with Gasteiger partial charge in [-0.25, -0.2) is 4.79 Å². The summed E-state index contributed by atoms with van der Waals surface area (Å²) in [7, 11) is 0. The molecule has 1 N–H and O–H groups in total. The summed E-state index contributed by atoms with van der Waals surface area (Å²) in [6, 6.07) is 11.3. The van der Waals surface area contributed by atoms with Gasteiger partial charge in [0.25, 0.3) is 0 Å². The van der Waals surface area contributed by atoms with E-state index in [0.29, 0.717) is 11.1 Å². The molecule has 1 unspecified atom stereocenters. The van der Waals surface area contributed by atoms with Crippen molar-refractivity contribution in [1.82, 2.24) is 0 Å². The van der Waals surface area contributed by atoms with Crippen LogP contribution in [0, 0.1) is 0 Å². The van der Waals surface area contributed by atoms with Crippen molar-refractivity contribution in [3.8, 4) is 0 Å². The van der Waals surface area contributed by atoms with Crippen molar-refractivity contribution in [2.45, 2.75) is 19.0 Å². The number of alkyl halides is 3. The van der Waals surface area contributed by atoms with Gasteiger partial charge in [0.1, 0.15) is 0 Å². The maximum atomic E-state index is 12.5. The molecular weight excluding hydrogens is 281 g/mol. The average molecular weight is 294 g/mol. The molecule has 0 amide bonds. The summed E-state index contributed by atoms with van der Waals surface area (Å²) in [6.07, 6.45) is -4.37. The minimum Gasteiger partial charge on any atom is -0.478 e. The molecule has 2 aromatic rings. The SMILES string of the molecule is CC(c1ccc(C(F)(F)F)cc1)c1ccccc1C(=O)O. The second kappa shape index (κ2) is 5.60. The van der Waals surface area contributed by atoms with Gasteiger partial charge in [-0.1, -0.05) is 37.3 Å². The molecule has 0 bridgehead atoms. The van der Waals surface area contributed by atoms with Crippen molar-refractivity contribution in [3.63, 3.8) is 0 Å². The molecule has 2 aromatic carbocycles. The molecule has 1 atom stereocenters. The first-order valence-electron chi connectivity index (χ1n) is 6.30. The number of aromatic carboxylic acids is 1. The number of carboxylic acids is 1. The van der Waals surface area contributed by atoms with Crippen LogP contribution in [0.5, 0.6) is 0 Å². The molecule has 2 nitrogen and oxygen atoms in total. The van der Waals surface area contributed by atoms with Gasteiger partial charge in [-0.05, 0) is 29.3 Å². The monoisotopic (exact) mass is 294 g/mol. The van der Waals surface area contributed by atoms with Crippen LogP contribution in [-0.4, -0.2) is 11.1 Å². The number of hydrogen-bond acceptors (Lipinski definition) is 1. The standard InChI is InChI=1S/C16H13F3O2/c1-10(13-4-2-3-5-14(13)15(20)21)11-6-8-12(9-7-11)16(17,18)19/h2-10H,1H3,(H,20,21). The third kappa shape index (κ3) is 3.24. The molecule has 0 heterocycles. The predicted molar refractivity (Wildman–Crippen MR) is 72.4 cm³/mol. The number of hydrogen-bond donors (Lipinski definition) is 1. The molecule has 2 rings (SSSR count). The Kier molecular flexibility index (Phi) is 4.02. The van der Waals surface area contributed by atoms with Crippen molar-refractivity contribution in [3.05, 3.63) is 70.8 Å². The lowest BCUT2D eigenvalue weighted by Crippen LogP contribution is -2.08. The van der Waals surface area contributed by atoms with Crippen molar-refractivity contribution in [2.75, 3.05) is 0 Å². The van der Waals surface area contributed by atoms with E-state index in [1.54, 1.807) is 25.1 Å². The Balaban J connectivity index is 2.37. The molecule has 0 saturated carbocycles. The highest BCUT2D eigenvalue weighted by Gasteiger charge is 2.30. The molecular formula is C16H13F3O2. The van der Waals surface area contributed by atoms with E-state index in [0.717, 1.165) is 12.1 Å². The zero-order valence-electron chi connectivity index (χ0n) is 11.2. The lowest BCUT2D eigenvalue weighted by Gasteiger charge is -2.16. The second-order valence-electron chi connectivity index (χ2n) is 4.73. The van der Waals surface area contributed by atoms with Crippen LogP contribution in [0.25, 0.3) is 0 Å². The highest BCUT2D eigenvalue weighted by Crippen LogP contribution is 2.32. The first-order chi connectivity index (χ1) is 9.80. The molecule has 0 spiro atoms. The van der Waals surface area contributed by atoms with Crippen LogP contribution in [0.15, 0.2) is 48.5 Å². The van der Waals surface area contributed by atoms with E-state index in [1.807, 2.05) is 0 Å². The molecule has 5 heteroatoms. The Morgan fingerprint density at radius 2 is 1.62 bits per heavy atom. The summed E-state index contributed by atoms with van der Waals surface area (Å²) in [5, 5.41) is 9.16. The summed E-state index contributed by atoms with van der Waals surface area (Å²) >= 11 is 0. The maximum absolute atomic E-state index is 12.5. The van der Waals surface area contributed by atoms with Gasteiger partial charge in [-0.2, -0.15) is 13.2 Å². The highest BCUT2D eigenvalue weighted by atomic mass is 19.4. The van der Waals surface area contributed by atoms with E-state index in [-0.39, 0.29) is 11.5 Å². The lowest BCUT2D eigenvalue weighted by molar-refractivity contribution is -0.137. The van der Waals surface area contributed by atoms with E-state index in [2.05, 4.69) is 0 Å². The van der Waals surface area contributed by atoms with Crippen molar-refractivity contribution < 1.29 is 23.1 Å². The van der Waals surface area contributed by atoms with Crippen LogP contribution in [-0.2, 0) is 6.18 Å². The number of carbonyl (C=O) groups is 1. The van der Waals surface area contributed by atoms with E-state index in [1.165, 1.54) is 18.2 Å². The Bertz CT molecular complexity index is 645. The van der Waals surface area contributed by atoms with Gasteiger partial charge in [0.15, 0.2) is 0 Å². The topological polar surface area (TPSA) is 37.3 Å². The molecule has 0 aliphatic carbocycles. The van der Waals surface area contributed by atoms with Gasteiger partial charge in [0.2, 0.25) is 0 Å². The molecule has 0 aliphatic rings. The minimum absolute atomic E-state index is 0.157. The molecule has 0 aliphatic heterocycles. The summed E-state index contributed by atoms with van der Waals surface area (Å²) in [6.45, 7) is 1.77. The lowest BCUT2D eigenvalue weighted by atomic mass is 9.89. The van der Waals surface area contributed by atoms with Gasteiger partial charge in [0.05, 0.1) is 11.1 Å². The molecule has 0 saturated heterocycles. The summed E-state index contributed by atoms with van der Waals surface area (Å²) in [5.41, 5.74) is 0.649. The summed E-state index contributed by atoms with van der Waals surface area (Å²) in [4.78, 5) is 11.2. The van der Waals surface area contributed by atoms with Crippen LogP contribution in [0.4, 0.5) is 13.2 Å². The predicted octanol–water partition coefficient (Wildman–Crippen LogP) is 4.56. The summed E-state index contributed by atoms with van der Waals surface area (Å²) < 4.78 is 37.6. The Morgan fingerprint density at radius 3 is 2.14 bits per heavy atom. The molecule has 21 heavy (non-hydrogen) atoms. The summed E-state index contributed by atoms with van der Waals surface area (Å²) in [5.74, 6) is -1.36. The van der Waals surface area contributed by atoms with Crippen molar-refractivity contribution in [2.24, 2.45) is 0 Å². The molecule has 0 radical (unpaired) electrons. The number of carboxylic acid groups (broad SMARTS) is 1. The van der Waals surface area contributed by atoms with Crippen molar-refractivity contribution >= 4 is 5.97 Å².